The van der Waals surface area contributed by atoms with Crippen LogP contribution in [0.4, 0.5) is 0 Å². The van der Waals surface area contributed by atoms with E-state index in [2.05, 4.69) is 6.92 Å². The summed E-state index contributed by atoms with van der Waals surface area (Å²) >= 11 is 0. The molecule has 1 unspecified atom stereocenters. The van der Waals surface area contributed by atoms with E-state index >= 15 is 0 Å². The van der Waals surface area contributed by atoms with Gasteiger partial charge in [-0.25, -0.2) is 0 Å². The molecule has 0 bridgehead atoms. The number of nitrogens with one attached hydrogen (secondary N) is 2. The van der Waals surface area contributed by atoms with Crippen LogP contribution in [0.15, 0.2) is 0 Å². The fourth-order valence-electron chi connectivity index (χ4n) is 1.73. The predicted octanol–water partition coefficient (Wildman–Crippen LogP) is 4.04. The molecule has 0 rings (SSSR count). The summed E-state index contributed by atoms with van der Waals surface area (Å²) < 4.78 is 0. The first-order valence-corrected chi connectivity index (χ1v) is 5.83. The summed E-state index contributed by atoms with van der Waals surface area (Å²) in [5, 5.41) is 14.1. The molecular weight excluding hydrogens is 172 g/mol. The van der Waals surface area contributed by atoms with Gasteiger partial charge in [-0.3, -0.25) is 0 Å². The van der Waals surface area contributed by atoms with Crippen LogP contribution >= 0.6 is 0 Å². The van der Waals surface area contributed by atoms with Gasteiger partial charge < -0.3 is 10.8 Å². The first-order valence-electron chi connectivity index (χ1n) is 5.83. The van der Waals surface area contributed by atoms with Crippen molar-refractivity contribution in [2.24, 2.45) is 5.92 Å². The van der Waals surface area contributed by atoms with E-state index in [4.69, 9.17) is 10.8 Å². The van der Waals surface area contributed by atoms with Gasteiger partial charge in [0.25, 0.3) is 0 Å². The van der Waals surface area contributed by atoms with Gasteiger partial charge in [-0.05, 0) is 37.6 Å². The summed E-state index contributed by atoms with van der Waals surface area (Å²) in [5.41, 5.74) is 0. The standard InChI is InChI=1S/C12H24N2/c1-2-3-4-5-7-12(9-11-14)8-6-10-13/h10-14H,2-9H2,1H3. The van der Waals surface area contributed by atoms with Gasteiger partial charge in [-0.15, -0.1) is 0 Å². The molecule has 0 spiro atoms. The Kier molecular flexibility index (Phi) is 9.93. The lowest BCUT2D eigenvalue weighted by atomic mass is 9.93. The van der Waals surface area contributed by atoms with Crippen LogP contribution in [0, 0.1) is 16.7 Å². The maximum absolute atomic E-state index is 7.10. The molecule has 0 radical (unpaired) electrons. The summed E-state index contributed by atoms with van der Waals surface area (Å²) in [4.78, 5) is 0. The maximum atomic E-state index is 7.10. The molecule has 2 N–H and O–H groups in total. The maximum Gasteiger partial charge on any atom is -0.00450 e. The average molecular weight is 196 g/mol. The van der Waals surface area contributed by atoms with Crippen LogP contribution in [-0.2, 0) is 0 Å². The van der Waals surface area contributed by atoms with Gasteiger partial charge in [0.05, 0.1) is 0 Å². The van der Waals surface area contributed by atoms with Crippen LogP contribution in [0.3, 0.4) is 0 Å². The highest BCUT2D eigenvalue weighted by molar-refractivity contribution is 5.54. The largest absolute Gasteiger partial charge is 0.313 e. The number of hydrogen-bond acceptors (Lipinski definition) is 2. The summed E-state index contributed by atoms with van der Waals surface area (Å²) in [6.07, 6.45) is 12.4. The molecule has 0 aliphatic heterocycles. The van der Waals surface area contributed by atoms with Crippen LogP contribution in [-0.4, -0.2) is 12.4 Å². The van der Waals surface area contributed by atoms with Crippen molar-refractivity contribution in [2.75, 3.05) is 0 Å². The molecule has 0 aromatic rings. The first kappa shape index (κ1) is 13.3. The van der Waals surface area contributed by atoms with Gasteiger partial charge in [0.2, 0.25) is 0 Å². The van der Waals surface area contributed by atoms with Crippen LogP contribution in [0.2, 0.25) is 0 Å². The molecule has 0 aliphatic carbocycles. The molecule has 14 heavy (non-hydrogen) atoms. The lowest BCUT2D eigenvalue weighted by Gasteiger charge is -2.12. The zero-order valence-corrected chi connectivity index (χ0v) is 9.39. The van der Waals surface area contributed by atoms with Crippen molar-refractivity contribution in [1.29, 1.82) is 10.8 Å². The molecule has 0 aromatic heterocycles. The summed E-state index contributed by atoms with van der Waals surface area (Å²) in [5.74, 6) is 0.644. The zero-order valence-electron chi connectivity index (χ0n) is 9.39. The molecule has 0 aliphatic rings. The van der Waals surface area contributed by atoms with Gasteiger partial charge >= 0.3 is 0 Å². The predicted molar refractivity (Wildman–Crippen MR) is 63.7 cm³/mol. The minimum atomic E-state index is 0.644. The summed E-state index contributed by atoms with van der Waals surface area (Å²) in [7, 11) is 0. The van der Waals surface area contributed by atoms with Crippen LogP contribution in [0.25, 0.3) is 0 Å². The SMILES string of the molecule is CCCCCCC(CC=N)CCC=N. The Morgan fingerprint density at radius 1 is 1.00 bits per heavy atom. The summed E-state index contributed by atoms with van der Waals surface area (Å²) in [6.45, 7) is 2.23. The highest BCUT2D eigenvalue weighted by atomic mass is 14.3. The molecule has 82 valence electrons. The van der Waals surface area contributed by atoms with Crippen molar-refractivity contribution in [3.05, 3.63) is 0 Å². The number of unbranched alkanes of at least 4 members (excludes halogenated alkanes) is 3. The Morgan fingerprint density at radius 3 is 2.36 bits per heavy atom. The monoisotopic (exact) mass is 196 g/mol. The summed E-state index contributed by atoms with van der Waals surface area (Å²) in [6, 6.07) is 0. The van der Waals surface area contributed by atoms with E-state index in [9.17, 15) is 0 Å². The van der Waals surface area contributed by atoms with Crippen molar-refractivity contribution >= 4 is 12.4 Å². The quantitative estimate of drug-likeness (QED) is 0.391. The van der Waals surface area contributed by atoms with Gasteiger partial charge in [0.1, 0.15) is 0 Å². The Hall–Kier alpha value is -0.660. The second kappa shape index (κ2) is 10.4. The molecule has 1 atom stereocenters. The molecule has 0 aromatic carbocycles. The third-order valence-corrected chi connectivity index (χ3v) is 2.64. The molecular formula is C12H24N2. The topological polar surface area (TPSA) is 47.7 Å². The van der Waals surface area contributed by atoms with E-state index in [1.807, 2.05) is 0 Å². The van der Waals surface area contributed by atoms with Crippen LogP contribution < -0.4 is 0 Å². The van der Waals surface area contributed by atoms with E-state index in [0.29, 0.717) is 5.92 Å². The average Bonchev–Trinajstić information content (AvgIpc) is 2.20. The Balaban J connectivity index is 3.50. The Bertz CT molecular complexity index is 143. The van der Waals surface area contributed by atoms with E-state index < -0.39 is 0 Å². The van der Waals surface area contributed by atoms with Crippen LogP contribution in [0.5, 0.6) is 0 Å². The van der Waals surface area contributed by atoms with Gasteiger partial charge in [0, 0.05) is 0 Å². The van der Waals surface area contributed by atoms with E-state index in [1.54, 1.807) is 0 Å². The van der Waals surface area contributed by atoms with E-state index in [-0.39, 0.29) is 0 Å². The van der Waals surface area contributed by atoms with Gasteiger partial charge in [-0.2, -0.15) is 0 Å². The normalized spacial score (nSPS) is 12.4. The number of hydrogen-bond donors (Lipinski definition) is 2. The first-order chi connectivity index (χ1) is 6.85. The minimum absolute atomic E-state index is 0.644. The zero-order chi connectivity index (χ0) is 10.6. The van der Waals surface area contributed by atoms with E-state index in [1.165, 1.54) is 44.5 Å². The lowest BCUT2D eigenvalue weighted by Crippen LogP contribution is -2.01. The minimum Gasteiger partial charge on any atom is -0.313 e. The molecule has 0 heterocycles. The molecule has 0 fully saturated rings. The molecule has 0 saturated heterocycles. The second-order valence-electron chi connectivity index (χ2n) is 3.94. The Labute approximate surface area is 88.1 Å². The number of rotatable bonds is 10. The fourth-order valence-corrected chi connectivity index (χ4v) is 1.73. The highest BCUT2D eigenvalue weighted by Crippen LogP contribution is 2.18. The third kappa shape index (κ3) is 7.96. The van der Waals surface area contributed by atoms with Crippen molar-refractivity contribution in [3.63, 3.8) is 0 Å². The third-order valence-electron chi connectivity index (χ3n) is 2.64. The van der Waals surface area contributed by atoms with Crippen LogP contribution in [0.1, 0.15) is 58.3 Å². The van der Waals surface area contributed by atoms with Crippen molar-refractivity contribution in [2.45, 2.75) is 58.3 Å². The lowest BCUT2D eigenvalue weighted by molar-refractivity contribution is 0.448. The highest BCUT2D eigenvalue weighted by Gasteiger charge is 2.05. The molecule has 0 amide bonds. The molecule has 2 heteroatoms. The second-order valence-corrected chi connectivity index (χ2v) is 3.94. The molecule has 2 nitrogen and oxygen atoms in total. The van der Waals surface area contributed by atoms with Gasteiger partial charge in [-0.1, -0.05) is 39.0 Å². The van der Waals surface area contributed by atoms with Gasteiger partial charge in [0.15, 0.2) is 0 Å². The fraction of sp³-hybridized carbons (Fsp3) is 0.833. The van der Waals surface area contributed by atoms with Crippen molar-refractivity contribution in [1.82, 2.24) is 0 Å². The Morgan fingerprint density at radius 2 is 1.79 bits per heavy atom. The molecule has 0 saturated carbocycles. The van der Waals surface area contributed by atoms with E-state index in [0.717, 1.165) is 19.3 Å². The van der Waals surface area contributed by atoms with Crippen molar-refractivity contribution < 1.29 is 0 Å². The smallest absolute Gasteiger partial charge is 0.00450 e. The van der Waals surface area contributed by atoms with Crippen molar-refractivity contribution in [3.8, 4) is 0 Å².